The molecule has 0 unspecified atom stereocenters. The zero-order chi connectivity index (χ0) is 19.0. The number of carbonyl (C=O) groups is 1. The first-order valence-electron chi connectivity index (χ1n) is 8.79. The second kappa shape index (κ2) is 7.11. The van der Waals surface area contributed by atoms with Crippen LogP contribution >= 0.6 is 11.3 Å². The Hall–Kier alpha value is -2.74. The van der Waals surface area contributed by atoms with E-state index in [1.54, 1.807) is 12.1 Å². The van der Waals surface area contributed by atoms with Crippen molar-refractivity contribution in [2.24, 2.45) is 7.05 Å². The van der Waals surface area contributed by atoms with Crippen LogP contribution in [0.15, 0.2) is 30.5 Å². The Labute approximate surface area is 160 Å². The number of hydrogen-bond acceptors (Lipinski definition) is 5. The summed E-state index contributed by atoms with van der Waals surface area (Å²) in [6.07, 6.45) is 3.21. The lowest BCUT2D eigenvalue weighted by Crippen LogP contribution is -2.32. The molecule has 0 fully saturated rings. The van der Waals surface area contributed by atoms with Crippen LogP contribution < -0.4 is 10.1 Å². The topological polar surface area (TPSA) is 69.0 Å². The number of ether oxygens (including phenoxy) is 1. The summed E-state index contributed by atoms with van der Waals surface area (Å²) >= 11 is 1.46. The molecule has 2 aromatic heterocycles. The van der Waals surface area contributed by atoms with Crippen molar-refractivity contribution in [1.29, 1.82) is 0 Å². The highest BCUT2D eigenvalue weighted by molar-refractivity contribution is 7.16. The number of rotatable bonds is 5. The van der Waals surface area contributed by atoms with Crippen molar-refractivity contribution in [3.8, 4) is 17.0 Å². The molecule has 140 valence electrons. The zero-order valence-corrected chi connectivity index (χ0v) is 15.8. The number of aromatic nitrogens is 3. The SMILES string of the molecule is CC[C@H](Oc1ccccc1F)C(=O)Nc1nc2c(s1)CCc1c-2cnn1C. The van der Waals surface area contributed by atoms with Crippen LogP contribution in [-0.4, -0.2) is 26.8 Å². The van der Waals surface area contributed by atoms with E-state index in [0.717, 1.165) is 34.7 Å². The van der Waals surface area contributed by atoms with Crippen molar-refractivity contribution >= 4 is 22.4 Å². The largest absolute Gasteiger partial charge is 0.478 e. The Morgan fingerprint density at radius 2 is 2.22 bits per heavy atom. The number of carbonyl (C=O) groups excluding carboxylic acids is 1. The van der Waals surface area contributed by atoms with Crippen molar-refractivity contribution in [3.63, 3.8) is 0 Å². The van der Waals surface area contributed by atoms with Crippen molar-refractivity contribution in [3.05, 3.63) is 46.9 Å². The van der Waals surface area contributed by atoms with Gasteiger partial charge in [-0.2, -0.15) is 5.10 Å². The number of benzene rings is 1. The minimum absolute atomic E-state index is 0.0675. The number of amides is 1. The van der Waals surface area contributed by atoms with Crippen molar-refractivity contribution < 1.29 is 13.9 Å². The van der Waals surface area contributed by atoms with Gasteiger partial charge >= 0.3 is 0 Å². The Morgan fingerprint density at radius 3 is 3.00 bits per heavy atom. The molecule has 0 spiro atoms. The average molecular weight is 386 g/mol. The van der Waals surface area contributed by atoms with Crippen LogP contribution in [0.25, 0.3) is 11.3 Å². The number of nitrogens with zero attached hydrogens (tertiary/aromatic N) is 3. The summed E-state index contributed by atoms with van der Waals surface area (Å²) in [6, 6.07) is 6.07. The molecule has 1 aliphatic carbocycles. The summed E-state index contributed by atoms with van der Waals surface area (Å²) in [4.78, 5) is 18.3. The lowest BCUT2D eigenvalue weighted by molar-refractivity contribution is -0.122. The molecular formula is C19H19FN4O2S. The summed E-state index contributed by atoms with van der Waals surface area (Å²) in [6.45, 7) is 1.82. The summed E-state index contributed by atoms with van der Waals surface area (Å²) in [5, 5.41) is 7.65. The maximum atomic E-state index is 13.8. The fraction of sp³-hybridized carbons (Fsp3) is 0.316. The maximum absolute atomic E-state index is 13.8. The summed E-state index contributed by atoms with van der Waals surface area (Å²) in [5.41, 5.74) is 3.05. The van der Waals surface area contributed by atoms with Gasteiger partial charge in [0.15, 0.2) is 22.8 Å². The molecule has 1 N–H and O–H groups in total. The number of aryl methyl sites for hydroxylation is 2. The van der Waals surface area contributed by atoms with Gasteiger partial charge in [0.1, 0.15) is 0 Å². The van der Waals surface area contributed by atoms with Gasteiger partial charge in [0.25, 0.3) is 5.91 Å². The van der Waals surface area contributed by atoms with Gasteiger partial charge in [-0.25, -0.2) is 9.37 Å². The predicted molar refractivity (Wildman–Crippen MR) is 101 cm³/mol. The molecule has 0 bridgehead atoms. The molecule has 8 heteroatoms. The highest BCUT2D eigenvalue weighted by atomic mass is 32.1. The fourth-order valence-electron chi connectivity index (χ4n) is 3.18. The third kappa shape index (κ3) is 3.32. The van der Waals surface area contributed by atoms with Crippen LogP contribution in [0.4, 0.5) is 9.52 Å². The van der Waals surface area contributed by atoms with E-state index < -0.39 is 11.9 Å². The Morgan fingerprint density at radius 1 is 1.41 bits per heavy atom. The van der Waals surface area contributed by atoms with E-state index in [1.807, 2.05) is 24.9 Å². The third-order valence-corrected chi connectivity index (χ3v) is 5.63. The van der Waals surface area contributed by atoms with E-state index in [0.29, 0.717) is 11.6 Å². The number of nitrogens with one attached hydrogen (secondary N) is 1. The molecule has 6 nitrogen and oxygen atoms in total. The number of thiazole rings is 1. The van der Waals surface area contributed by atoms with Gasteiger partial charge in [0.05, 0.1) is 11.9 Å². The first kappa shape index (κ1) is 17.7. The lowest BCUT2D eigenvalue weighted by Gasteiger charge is -2.16. The molecule has 1 atom stereocenters. The highest BCUT2D eigenvalue weighted by Crippen LogP contribution is 2.37. The average Bonchev–Trinajstić information content (AvgIpc) is 3.24. The molecule has 4 rings (SSSR count). The molecule has 1 aliphatic rings. The molecular weight excluding hydrogens is 367 g/mol. The van der Waals surface area contributed by atoms with E-state index in [9.17, 15) is 9.18 Å². The minimum atomic E-state index is -0.795. The molecule has 3 aromatic rings. The van der Waals surface area contributed by atoms with Crippen molar-refractivity contribution in [2.75, 3.05) is 5.32 Å². The van der Waals surface area contributed by atoms with Crippen LogP contribution in [0.2, 0.25) is 0 Å². The van der Waals surface area contributed by atoms with Crippen LogP contribution in [-0.2, 0) is 24.7 Å². The molecule has 1 amide bonds. The van der Waals surface area contributed by atoms with Gasteiger partial charge in [0.2, 0.25) is 0 Å². The Balaban J connectivity index is 1.52. The molecule has 2 heterocycles. The number of para-hydroxylation sites is 1. The second-order valence-electron chi connectivity index (χ2n) is 6.35. The summed E-state index contributed by atoms with van der Waals surface area (Å²) in [7, 11) is 1.92. The first-order valence-corrected chi connectivity index (χ1v) is 9.61. The molecule has 0 radical (unpaired) electrons. The fourth-order valence-corrected chi connectivity index (χ4v) is 4.15. The van der Waals surface area contributed by atoms with Gasteiger partial charge in [-0.05, 0) is 31.4 Å². The van der Waals surface area contributed by atoms with Crippen LogP contribution in [0.5, 0.6) is 5.75 Å². The Kier molecular flexibility index (Phi) is 4.65. The molecule has 0 aliphatic heterocycles. The molecule has 1 aromatic carbocycles. The smallest absolute Gasteiger partial charge is 0.267 e. The van der Waals surface area contributed by atoms with E-state index in [-0.39, 0.29) is 11.7 Å². The first-order chi connectivity index (χ1) is 13.1. The molecule has 27 heavy (non-hydrogen) atoms. The quantitative estimate of drug-likeness (QED) is 0.728. The number of halogens is 1. The highest BCUT2D eigenvalue weighted by Gasteiger charge is 2.26. The third-order valence-electron chi connectivity index (χ3n) is 4.60. The van der Waals surface area contributed by atoms with E-state index >= 15 is 0 Å². The normalized spacial score (nSPS) is 13.6. The second-order valence-corrected chi connectivity index (χ2v) is 7.44. The van der Waals surface area contributed by atoms with Gasteiger partial charge < -0.3 is 4.74 Å². The van der Waals surface area contributed by atoms with Gasteiger partial charge in [-0.3, -0.25) is 14.8 Å². The molecule has 0 saturated carbocycles. The number of anilines is 1. The van der Waals surface area contributed by atoms with Gasteiger partial charge in [0, 0.05) is 23.2 Å². The predicted octanol–water partition coefficient (Wildman–Crippen LogP) is 3.58. The van der Waals surface area contributed by atoms with Gasteiger partial charge in [-0.15, -0.1) is 11.3 Å². The van der Waals surface area contributed by atoms with Crippen LogP contribution in [0.3, 0.4) is 0 Å². The van der Waals surface area contributed by atoms with Crippen molar-refractivity contribution in [2.45, 2.75) is 32.3 Å². The standard InChI is InChI=1S/C19H19FN4O2S/c1-3-14(26-15-7-5-4-6-12(15)20)18(25)23-19-22-17-11-10-21-24(2)13(11)8-9-16(17)27-19/h4-7,10,14H,3,8-9H2,1-2H3,(H,22,23,25)/t14-/m0/s1. The van der Waals surface area contributed by atoms with Crippen LogP contribution in [0, 0.1) is 5.82 Å². The number of fused-ring (bicyclic) bond motifs is 3. The summed E-state index contributed by atoms with van der Waals surface area (Å²) < 4.78 is 21.2. The molecule has 0 saturated heterocycles. The Bertz CT molecular complexity index is 998. The monoisotopic (exact) mass is 386 g/mol. The lowest BCUT2D eigenvalue weighted by atomic mass is 10.0. The number of hydrogen-bond donors (Lipinski definition) is 1. The van der Waals surface area contributed by atoms with Gasteiger partial charge in [-0.1, -0.05) is 19.1 Å². The van der Waals surface area contributed by atoms with E-state index in [4.69, 9.17) is 4.74 Å². The van der Waals surface area contributed by atoms with E-state index in [1.165, 1.54) is 23.5 Å². The minimum Gasteiger partial charge on any atom is -0.478 e. The van der Waals surface area contributed by atoms with Crippen molar-refractivity contribution in [1.82, 2.24) is 14.8 Å². The summed E-state index contributed by atoms with van der Waals surface area (Å²) in [5.74, 6) is -0.756. The maximum Gasteiger partial charge on any atom is 0.267 e. The zero-order valence-electron chi connectivity index (χ0n) is 15.0. The van der Waals surface area contributed by atoms with E-state index in [2.05, 4.69) is 15.4 Å². The van der Waals surface area contributed by atoms with Crippen LogP contribution in [0.1, 0.15) is 23.9 Å².